The standard InChI is InChI=1S/C17H20N2O5S/c1-5-10-8-11(15(18)20)17(25-10)19-16(21)9-6-12(22-2)14(24-4)13(7-9)23-3/h6-8H,5H2,1-4H3,(H2,18,20)(H,19,21). The minimum absolute atomic E-state index is 0.294. The Morgan fingerprint density at radius 2 is 1.68 bits per heavy atom. The number of aryl methyl sites for hydroxylation is 1. The van der Waals surface area contributed by atoms with E-state index in [-0.39, 0.29) is 0 Å². The van der Waals surface area contributed by atoms with Gasteiger partial charge in [0.25, 0.3) is 11.8 Å². The molecule has 0 aliphatic heterocycles. The van der Waals surface area contributed by atoms with Crippen LogP contribution in [0.4, 0.5) is 5.00 Å². The molecule has 1 aromatic heterocycles. The Morgan fingerprint density at radius 3 is 2.12 bits per heavy atom. The lowest BCUT2D eigenvalue weighted by Crippen LogP contribution is -2.16. The number of amides is 2. The van der Waals surface area contributed by atoms with Gasteiger partial charge in [-0.2, -0.15) is 0 Å². The lowest BCUT2D eigenvalue weighted by atomic mass is 10.1. The molecule has 0 bridgehead atoms. The normalized spacial score (nSPS) is 10.2. The topological polar surface area (TPSA) is 99.9 Å². The van der Waals surface area contributed by atoms with Crippen LogP contribution in [-0.4, -0.2) is 33.1 Å². The molecule has 2 rings (SSSR count). The average Bonchev–Trinajstić information content (AvgIpc) is 3.03. The van der Waals surface area contributed by atoms with Crippen molar-refractivity contribution in [2.75, 3.05) is 26.6 Å². The first-order chi connectivity index (χ1) is 11.9. The predicted molar refractivity (Wildman–Crippen MR) is 96.3 cm³/mol. The zero-order valence-electron chi connectivity index (χ0n) is 14.5. The molecule has 2 aromatic rings. The van der Waals surface area contributed by atoms with Crippen LogP contribution in [0.15, 0.2) is 18.2 Å². The fourth-order valence-electron chi connectivity index (χ4n) is 2.28. The number of anilines is 1. The zero-order chi connectivity index (χ0) is 18.6. The van der Waals surface area contributed by atoms with Crippen molar-refractivity contribution in [3.05, 3.63) is 34.2 Å². The van der Waals surface area contributed by atoms with Crippen molar-refractivity contribution in [2.45, 2.75) is 13.3 Å². The van der Waals surface area contributed by atoms with Gasteiger partial charge in [0.2, 0.25) is 5.75 Å². The number of hydrogen-bond donors (Lipinski definition) is 2. The van der Waals surface area contributed by atoms with E-state index in [4.69, 9.17) is 19.9 Å². The Bertz CT molecular complexity index is 775. The highest BCUT2D eigenvalue weighted by Gasteiger charge is 2.20. The Morgan fingerprint density at radius 1 is 1.08 bits per heavy atom. The molecular formula is C17H20N2O5S. The second-order valence-electron chi connectivity index (χ2n) is 5.04. The third-order valence-corrected chi connectivity index (χ3v) is 4.75. The van der Waals surface area contributed by atoms with Gasteiger partial charge in [0.15, 0.2) is 11.5 Å². The smallest absolute Gasteiger partial charge is 0.256 e. The lowest BCUT2D eigenvalue weighted by Gasteiger charge is -2.14. The largest absolute Gasteiger partial charge is 0.493 e. The molecule has 0 unspecified atom stereocenters. The van der Waals surface area contributed by atoms with Crippen molar-refractivity contribution >= 4 is 28.2 Å². The molecule has 7 nitrogen and oxygen atoms in total. The molecule has 0 atom stereocenters. The number of thiophene rings is 1. The highest BCUT2D eigenvalue weighted by Crippen LogP contribution is 2.38. The summed E-state index contributed by atoms with van der Waals surface area (Å²) >= 11 is 1.32. The van der Waals surface area contributed by atoms with Gasteiger partial charge in [-0.1, -0.05) is 6.92 Å². The molecule has 0 aliphatic rings. The summed E-state index contributed by atoms with van der Waals surface area (Å²) in [5.74, 6) is 0.122. The van der Waals surface area contributed by atoms with Gasteiger partial charge >= 0.3 is 0 Å². The monoisotopic (exact) mass is 364 g/mol. The number of benzene rings is 1. The predicted octanol–water partition coefficient (Wildman–Crippen LogP) is 2.69. The average molecular weight is 364 g/mol. The Kier molecular flexibility index (Phi) is 5.87. The van der Waals surface area contributed by atoms with Crippen molar-refractivity contribution in [1.29, 1.82) is 0 Å². The number of primary amides is 1. The van der Waals surface area contributed by atoms with Crippen LogP contribution in [0.5, 0.6) is 17.2 Å². The Hall–Kier alpha value is -2.74. The van der Waals surface area contributed by atoms with Crippen LogP contribution >= 0.6 is 11.3 Å². The first kappa shape index (κ1) is 18.6. The number of carbonyl (C=O) groups is 2. The van der Waals surface area contributed by atoms with Gasteiger partial charge in [-0.05, 0) is 24.6 Å². The maximum atomic E-state index is 12.6. The van der Waals surface area contributed by atoms with E-state index in [1.54, 1.807) is 6.07 Å². The van der Waals surface area contributed by atoms with E-state index in [1.165, 1.54) is 44.8 Å². The van der Waals surface area contributed by atoms with Gasteiger partial charge < -0.3 is 25.3 Å². The molecule has 0 fully saturated rings. The SMILES string of the molecule is CCc1cc(C(N)=O)c(NC(=O)c2cc(OC)c(OC)c(OC)c2)s1. The maximum Gasteiger partial charge on any atom is 0.256 e. The van der Waals surface area contributed by atoms with Crippen molar-refractivity contribution in [1.82, 2.24) is 0 Å². The Labute approximate surface area is 149 Å². The summed E-state index contributed by atoms with van der Waals surface area (Å²) in [6.45, 7) is 1.96. The molecule has 25 heavy (non-hydrogen) atoms. The highest BCUT2D eigenvalue weighted by molar-refractivity contribution is 7.16. The number of ether oxygens (including phenoxy) is 3. The fourth-order valence-corrected chi connectivity index (χ4v) is 3.28. The van der Waals surface area contributed by atoms with E-state index in [9.17, 15) is 9.59 Å². The molecular weight excluding hydrogens is 344 g/mol. The molecule has 3 N–H and O–H groups in total. The minimum atomic E-state index is -0.587. The second-order valence-corrected chi connectivity index (χ2v) is 6.18. The quantitative estimate of drug-likeness (QED) is 0.787. The van der Waals surface area contributed by atoms with Crippen LogP contribution in [0.2, 0.25) is 0 Å². The van der Waals surface area contributed by atoms with Crippen LogP contribution in [-0.2, 0) is 6.42 Å². The number of carbonyl (C=O) groups excluding carboxylic acids is 2. The molecule has 1 heterocycles. The van der Waals surface area contributed by atoms with Crippen LogP contribution in [0.25, 0.3) is 0 Å². The van der Waals surface area contributed by atoms with Gasteiger partial charge in [0.05, 0.1) is 26.9 Å². The second kappa shape index (κ2) is 7.89. The first-order valence-corrected chi connectivity index (χ1v) is 8.30. The van der Waals surface area contributed by atoms with Crippen LogP contribution in [0, 0.1) is 0 Å². The van der Waals surface area contributed by atoms with Gasteiger partial charge in [0.1, 0.15) is 5.00 Å². The molecule has 0 spiro atoms. The molecule has 2 amide bonds. The van der Waals surface area contributed by atoms with E-state index in [0.717, 1.165) is 11.3 Å². The summed E-state index contributed by atoms with van der Waals surface area (Å²) < 4.78 is 15.7. The maximum absolute atomic E-state index is 12.6. The molecule has 0 saturated carbocycles. The summed E-state index contributed by atoms with van der Waals surface area (Å²) in [5.41, 5.74) is 5.98. The van der Waals surface area contributed by atoms with E-state index >= 15 is 0 Å². The highest BCUT2D eigenvalue weighted by atomic mass is 32.1. The zero-order valence-corrected chi connectivity index (χ0v) is 15.3. The fraction of sp³-hybridized carbons (Fsp3) is 0.294. The third kappa shape index (κ3) is 3.85. The summed E-state index contributed by atoms with van der Waals surface area (Å²) in [4.78, 5) is 25.1. The Balaban J connectivity index is 2.39. The van der Waals surface area contributed by atoms with E-state index in [0.29, 0.717) is 33.4 Å². The summed E-state index contributed by atoms with van der Waals surface area (Å²) in [6.07, 6.45) is 0.741. The first-order valence-electron chi connectivity index (χ1n) is 7.49. The molecule has 0 aliphatic carbocycles. The minimum Gasteiger partial charge on any atom is -0.493 e. The molecule has 0 radical (unpaired) electrons. The number of hydrogen-bond acceptors (Lipinski definition) is 6. The number of rotatable bonds is 7. The number of nitrogens with one attached hydrogen (secondary N) is 1. The molecule has 134 valence electrons. The van der Waals surface area contributed by atoms with Gasteiger partial charge in [-0.3, -0.25) is 9.59 Å². The van der Waals surface area contributed by atoms with Crippen LogP contribution in [0.3, 0.4) is 0 Å². The van der Waals surface area contributed by atoms with Gasteiger partial charge in [0, 0.05) is 10.4 Å². The molecule has 1 aromatic carbocycles. The van der Waals surface area contributed by atoms with Crippen molar-refractivity contribution in [3.8, 4) is 17.2 Å². The molecule has 8 heteroatoms. The van der Waals surface area contributed by atoms with Crippen LogP contribution in [0.1, 0.15) is 32.5 Å². The van der Waals surface area contributed by atoms with E-state index in [2.05, 4.69) is 5.32 Å². The summed E-state index contributed by atoms with van der Waals surface area (Å²) in [5, 5.41) is 3.15. The lowest BCUT2D eigenvalue weighted by molar-refractivity contribution is 0.100. The van der Waals surface area contributed by atoms with Gasteiger partial charge in [-0.25, -0.2) is 0 Å². The van der Waals surface area contributed by atoms with E-state index < -0.39 is 11.8 Å². The third-order valence-electron chi connectivity index (χ3n) is 3.55. The van der Waals surface area contributed by atoms with Crippen molar-refractivity contribution in [3.63, 3.8) is 0 Å². The summed E-state index contributed by atoms with van der Waals surface area (Å²) in [6, 6.07) is 4.77. The van der Waals surface area contributed by atoms with Gasteiger partial charge in [-0.15, -0.1) is 11.3 Å². The number of nitrogens with two attached hydrogens (primary N) is 1. The van der Waals surface area contributed by atoms with E-state index in [1.807, 2.05) is 6.92 Å². The van der Waals surface area contributed by atoms with Crippen molar-refractivity contribution < 1.29 is 23.8 Å². The summed E-state index contributed by atoms with van der Waals surface area (Å²) in [7, 11) is 4.42. The number of methoxy groups -OCH3 is 3. The van der Waals surface area contributed by atoms with Crippen molar-refractivity contribution in [2.24, 2.45) is 5.73 Å². The van der Waals surface area contributed by atoms with Crippen LogP contribution < -0.4 is 25.3 Å². The molecule has 0 saturated heterocycles.